The third-order valence-electron chi connectivity index (χ3n) is 6.19. The number of fused-ring (bicyclic) bond motifs is 1. The van der Waals surface area contributed by atoms with Gasteiger partial charge in [0, 0.05) is 51.4 Å². The fraction of sp³-hybridized carbons (Fsp3) is 0.409. The maximum atomic E-state index is 14.0. The van der Waals surface area contributed by atoms with Gasteiger partial charge in [-0.2, -0.15) is 20.0 Å². The lowest BCUT2D eigenvalue weighted by Crippen LogP contribution is -2.65. The Bertz CT molecular complexity index is 1150. The van der Waals surface area contributed by atoms with Crippen LogP contribution in [0, 0.1) is 18.7 Å². The van der Waals surface area contributed by atoms with Crippen molar-refractivity contribution >= 4 is 17.7 Å². The Kier molecular flexibility index (Phi) is 4.99. The number of piperidine rings is 1. The number of carbonyl (C=O) groups is 1. The van der Waals surface area contributed by atoms with Gasteiger partial charge in [-0.15, -0.1) is 0 Å². The molecule has 2 aromatic heterocycles. The molecule has 1 aromatic carbocycles. The number of halogens is 1. The summed E-state index contributed by atoms with van der Waals surface area (Å²) in [6.07, 6.45) is 3.96. The van der Waals surface area contributed by atoms with Crippen molar-refractivity contribution in [2.24, 2.45) is 5.92 Å². The number of anilines is 2. The highest BCUT2D eigenvalue weighted by atomic mass is 19.1. The Morgan fingerprint density at radius 2 is 1.91 bits per heavy atom. The molecule has 4 heterocycles. The lowest BCUT2D eigenvalue weighted by molar-refractivity contribution is 0.0590. The van der Waals surface area contributed by atoms with Gasteiger partial charge in [0.05, 0.1) is 29.7 Å². The first-order valence-electron chi connectivity index (χ1n) is 10.7. The zero-order valence-electron chi connectivity index (χ0n) is 18.3. The largest absolute Gasteiger partial charge is 0.351 e. The summed E-state index contributed by atoms with van der Waals surface area (Å²) in [6, 6.07) is 6.28. The number of carbonyl (C=O) groups excluding carboxylic acids is 1. The van der Waals surface area contributed by atoms with Crippen LogP contribution in [0.4, 0.5) is 16.2 Å². The molecule has 5 rings (SSSR count). The zero-order chi connectivity index (χ0) is 22.4. The van der Waals surface area contributed by atoms with Crippen molar-refractivity contribution in [1.82, 2.24) is 29.9 Å². The number of likely N-dealkylation sites (tertiary alicyclic amines) is 1. The standard InChI is InChI=1S/C22H25FN8O/c1-14-10-20(27-22(26-14)28(2)3)30-12-15-6-9-29(13-19(15)30)21(32)17-11-16(23)4-5-18(17)31-24-7-8-25-31/h4-5,7-8,10-11,15,19H,6,9,12-13H2,1-3H3/t15-,19-/m0/s1. The monoisotopic (exact) mass is 436 g/mol. The molecule has 32 heavy (non-hydrogen) atoms. The first-order chi connectivity index (χ1) is 15.4. The van der Waals surface area contributed by atoms with Crippen molar-refractivity contribution in [3.05, 3.63) is 53.7 Å². The van der Waals surface area contributed by atoms with E-state index < -0.39 is 5.82 Å². The molecule has 1 amide bonds. The van der Waals surface area contributed by atoms with E-state index in [4.69, 9.17) is 4.98 Å². The third kappa shape index (κ3) is 3.55. The first-order valence-corrected chi connectivity index (χ1v) is 10.7. The van der Waals surface area contributed by atoms with Crippen LogP contribution in [0.5, 0.6) is 0 Å². The predicted octanol–water partition coefficient (Wildman–Crippen LogP) is 1.92. The second-order valence-corrected chi connectivity index (χ2v) is 8.56. The number of benzene rings is 1. The van der Waals surface area contributed by atoms with E-state index in [0.29, 0.717) is 30.6 Å². The molecule has 2 aliphatic heterocycles. The number of hydrogen-bond acceptors (Lipinski definition) is 7. The van der Waals surface area contributed by atoms with Crippen LogP contribution in [0.1, 0.15) is 22.5 Å². The van der Waals surface area contributed by atoms with Crippen LogP contribution in [0.15, 0.2) is 36.7 Å². The molecule has 166 valence electrons. The summed E-state index contributed by atoms with van der Waals surface area (Å²) >= 11 is 0. The van der Waals surface area contributed by atoms with Crippen molar-refractivity contribution in [2.45, 2.75) is 19.4 Å². The molecule has 0 unspecified atom stereocenters. The van der Waals surface area contributed by atoms with Crippen molar-refractivity contribution in [3.63, 3.8) is 0 Å². The Morgan fingerprint density at radius 1 is 1.12 bits per heavy atom. The highest BCUT2D eigenvalue weighted by molar-refractivity contribution is 5.98. The average Bonchev–Trinajstić information content (AvgIpc) is 3.28. The number of nitrogens with zero attached hydrogens (tertiary/aromatic N) is 8. The summed E-state index contributed by atoms with van der Waals surface area (Å²) in [4.78, 5) is 29.9. The van der Waals surface area contributed by atoms with E-state index in [1.165, 1.54) is 35.4 Å². The normalized spacial score (nSPS) is 20.0. The van der Waals surface area contributed by atoms with Gasteiger partial charge in [-0.3, -0.25) is 4.79 Å². The molecule has 0 spiro atoms. The molecular weight excluding hydrogens is 411 g/mol. The van der Waals surface area contributed by atoms with Crippen molar-refractivity contribution < 1.29 is 9.18 Å². The summed E-state index contributed by atoms with van der Waals surface area (Å²) in [5, 5.41) is 8.22. The van der Waals surface area contributed by atoms with Crippen molar-refractivity contribution in [2.75, 3.05) is 43.5 Å². The minimum Gasteiger partial charge on any atom is -0.351 e. The van der Waals surface area contributed by atoms with Crippen LogP contribution in [-0.4, -0.2) is 75.5 Å². The van der Waals surface area contributed by atoms with Gasteiger partial charge in [0.2, 0.25) is 5.95 Å². The second kappa shape index (κ2) is 7.85. The molecule has 9 nitrogen and oxygen atoms in total. The second-order valence-electron chi connectivity index (χ2n) is 8.56. The Morgan fingerprint density at radius 3 is 2.66 bits per heavy atom. The molecule has 0 aliphatic carbocycles. The summed E-state index contributed by atoms with van der Waals surface area (Å²) < 4.78 is 14.0. The van der Waals surface area contributed by atoms with Crippen molar-refractivity contribution in [1.29, 1.82) is 0 Å². The van der Waals surface area contributed by atoms with Crippen LogP contribution >= 0.6 is 0 Å². The Hall–Kier alpha value is -3.56. The van der Waals surface area contributed by atoms with Gasteiger partial charge >= 0.3 is 0 Å². The molecule has 3 aromatic rings. The topological polar surface area (TPSA) is 83.3 Å². The van der Waals surface area contributed by atoms with Gasteiger partial charge < -0.3 is 14.7 Å². The van der Waals surface area contributed by atoms with Crippen molar-refractivity contribution in [3.8, 4) is 5.69 Å². The van der Waals surface area contributed by atoms with E-state index in [1.807, 2.05) is 32.0 Å². The number of rotatable bonds is 4. The number of hydrogen-bond donors (Lipinski definition) is 0. The highest BCUT2D eigenvalue weighted by Gasteiger charge is 2.44. The van der Waals surface area contributed by atoms with Gasteiger partial charge in [-0.25, -0.2) is 9.37 Å². The van der Waals surface area contributed by atoms with E-state index in [1.54, 1.807) is 4.90 Å². The van der Waals surface area contributed by atoms with Gasteiger partial charge in [0.1, 0.15) is 11.6 Å². The predicted molar refractivity (Wildman–Crippen MR) is 118 cm³/mol. The molecular formula is C22H25FN8O. The molecule has 0 radical (unpaired) electrons. The summed E-state index contributed by atoms with van der Waals surface area (Å²) in [5.74, 6) is 1.39. The van der Waals surface area contributed by atoms with Crippen LogP contribution in [-0.2, 0) is 0 Å². The smallest absolute Gasteiger partial charge is 0.256 e. The number of aryl methyl sites for hydroxylation is 1. The zero-order valence-corrected chi connectivity index (χ0v) is 18.3. The van der Waals surface area contributed by atoms with Gasteiger partial charge in [0.25, 0.3) is 5.91 Å². The minimum atomic E-state index is -0.461. The average molecular weight is 436 g/mol. The van der Waals surface area contributed by atoms with Crippen LogP contribution in [0.3, 0.4) is 0 Å². The SMILES string of the molecule is Cc1cc(N2C[C@@H]3CCN(C(=O)c4cc(F)ccc4-n4nccn4)C[C@@H]32)nc(N(C)C)n1. The maximum absolute atomic E-state index is 14.0. The minimum absolute atomic E-state index is 0.178. The Labute approximate surface area is 185 Å². The molecule has 0 saturated carbocycles. The van der Waals surface area contributed by atoms with Gasteiger partial charge in [0.15, 0.2) is 0 Å². The summed E-state index contributed by atoms with van der Waals surface area (Å²) in [5.41, 5.74) is 1.64. The molecule has 0 N–H and O–H groups in total. The number of amides is 1. The highest BCUT2D eigenvalue weighted by Crippen LogP contribution is 2.37. The van der Waals surface area contributed by atoms with E-state index in [-0.39, 0.29) is 17.5 Å². The van der Waals surface area contributed by atoms with E-state index >= 15 is 0 Å². The molecule has 2 fully saturated rings. The lowest BCUT2D eigenvalue weighted by atomic mass is 9.82. The Balaban J connectivity index is 1.39. The molecule has 10 heteroatoms. The van der Waals surface area contributed by atoms with E-state index in [0.717, 1.165) is 24.5 Å². The maximum Gasteiger partial charge on any atom is 0.256 e. The molecule has 0 bridgehead atoms. The third-order valence-corrected chi connectivity index (χ3v) is 6.19. The van der Waals surface area contributed by atoms with Gasteiger partial charge in [-0.1, -0.05) is 0 Å². The molecule has 2 saturated heterocycles. The fourth-order valence-electron chi connectivity index (χ4n) is 4.49. The van der Waals surface area contributed by atoms with Crippen LogP contribution < -0.4 is 9.80 Å². The molecule has 2 atom stereocenters. The first kappa shape index (κ1) is 20.3. The summed E-state index contributed by atoms with van der Waals surface area (Å²) in [6.45, 7) is 4.08. The lowest BCUT2D eigenvalue weighted by Gasteiger charge is -2.54. The van der Waals surface area contributed by atoms with E-state index in [9.17, 15) is 9.18 Å². The summed E-state index contributed by atoms with van der Waals surface area (Å²) in [7, 11) is 3.84. The van der Waals surface area contributed by atoms with Crippen LogP contribution in [0.2, 0.25) is 0 Å². The number of aromatic nitrogens is 5. The van der Waals surface area contributed by atoms with Gasteiger partial charge in [-0.05, 0) is 31.5 Å². The molecule has 2 aliphatic rings. The van der Waals surface area contributed by atoms with Crippen LogP contribution in [0.25, 0.3) is 5.69 Å². The quantitative estimate of drug-likeness (QED) is 0.618. The van der Waals surface area contributed by atoms with E-state index in [2.05, 4.69) is 20.1 Å². The fourth-order valence-corrected chi connectivity index (χ4v) is 4.49.